The van der Waals surface area contributed by atoms with Crippen LogP contribution in [0.3, 0.4) is 0 Å². The molecule has 0 saturated heterocycles. The summed E-state index contributed by atoms with van der Waals surface area (Å²) in [5.41, 5.74) is 0. The summed E-state index contributed by atoms with van der Waals surface area (Å²) in [4.78, 5) is 0. The van der Waals surface area contributed by atoms with E-state index in [9.17, 15) is 0 Å². The van der Waals surface area contributed by atoms with E-state index in [1.54, 1.807) is 0 Å². The van der Waals surface area contributed by atoms with Crippen LogP contribution in [0.4, 0.5) is 0 Å². The van der Waals surface area contributed by atoms with E-state index < -0.39 is 0 Å². The van der Waals surface area contributed by atoms with Gasteiger partial charge in [-0.05, 0) is 25.7 Å². The lowest BCUT2D eigenvalue weighted by atomic mass is 9.99. The van der Waals surface area contributed by atoms with E-state index >= 15 is 0 Å². The Labute approximate surface area is 230 Å². The van der Waals surface area contributed by atoms with Crippen molar-refractivity contribution in [3.05, 3.63) is 12.7 Å². The van der Waals surface area contributed by atoms with Gasteiger partial charge in [-0.1, -0.05) is 161 Å². The Balaban J connectivity index is 3.68. The molecule has 36 heavy (non-hydrogen) atoms. The van der Waals surface area contributed by atoms with E-state index in [-0.39, 0.29) is 0 Å². The summed E-state index contributed by atoms with van der Waals surface area (Å²) in [5, 5.41) is 0. The van der Waals surface area contributed by atoms with Crippen molar-refractivity contribution >= 4 is 0 Å². The molecule has 0 spiro atoms. The van der Waals surface area contributed by atoms with Crippen molar-refractivity contribution in [3.8, 4) is 0 Å². The van der Waals surface area contributed by atoms with Crippen LogP contribution in [0.15, 0.2) is 12.7 Å². The van der Waals surface area contributed by atoms with E-state index in [0.717, 1.165) is 6.04 Å². The van der Waals surface area contributed by atoms with Crippen molar-refractivity contribution in [1.29, 1.82) is 0 Å². The first kappa shape index (κ1) is 35.7. The molecule has 0 amide bonds. The highest BCUT2D eigenvalue weighted by Gasteiger charge is 2.26. The molecule has 0 rings (SSSR count). The van der Waals surface area contributed by atoms with Gasteiger partial charge in [-0.15, -0.1) is 6.58 Å². The Kier molecular flexibility index (Phi) is 27.5. The van der Waals surface area contributed by atoms with Gasteiger partial charge in [0.1, 0.15) is 0 Å². The fraction of sp³-hybridized carbons (Fsp3) is 0.943. The molecule has 0 radical (unpaired) electrons. The summed E-state index contributed by atoms with van der Waals surface area (Å²) in [6.45, 7) is 10.0. The maximum Gasteiger partial charge on any atom is 0.0920 e. The van der Waals surface area contributed by atoms with Crippen LogP contribution in [-0.4, -0.2) is 31.2 Å². The highest BCUT2D eigenvalue weighted by molar-refractivity contribution is 4.74. The number of hydrogen-bond donors (Lipinski definition) is 0. The van der Waals surface area contributed by atoms with Crippen molar-refractivity contribution in [3.63, 3.8) is 0 Å². The van der Waals surface area contributed by atoms with Crippen LogP contribution in [-0.2, 0) is 0 Å². The smallest absolute Gasteiger partial charge is 0.0920 e. The standard InChI is InChI=1S/C35H72N/c1-6-9-11-13-15-17-19-20-21-22-23-24-26-28-30-33-35(32-8-3)36(4,5)34-31-29-27-25-18-16-14-12-10-7-2/h8,35H,3,6-7,9-34H2,1-2,4-5H3/q+1. The molecule has 216 valence electrons. The zero-order valence-electron chi connectivity index (χ0n) is 26.1. The number of quaternary nitrogens is 1. The lowest BCUT2D eigenvalue weighted by Gasteiger charge is -2.38. The molecule has 0 aromatic rings. The maximum atomic E-state index is 4.08. The summed E-state index contributed by atoms with van der Waals surface area (Å²) in [6.07, 6.45) is 40.9. The van der Waals surface area contributed by atoms with Gasteiger partial charge in [-0.25, -0.2) is 0 Å². The largest absolute Gasteiger partial charge is 0.326 e. The Morgan fingerprint density at radius 1 is 0.472 bits per heavy atom. The van der Waals surface area contributed by atoms with Gasteiger partial charge in [0.2, 0.25) is 0 Å². The maximum absolute atomic E-state index is 4.08. The SMILES string of the molecule is C=CCC(CCCCCCCCCCCCCCCCC)[N+](C)(C)CCCCCCCCCCCC. The lowest BCUT2D eigenvalue weighted by molar-refractivity contribution is -0.915. The molecule has 1 nitrogen and oxygen atoms in total. The summed E-state index contributed by atoms with van der Waals surface area (Å²) in [5.74, 6) is 0. The number of unbranched alkanes of at least 4 members (excludes halogenated alkanes) is 23. The van der Waals surface area contributed by atoms with Gasteiger partial charge in [0, 0.05) is 6.42 Å². The van der Waals surface area contributed by atoms with Crippen LogP contribution >= 0.6 is 0 Å². The quantitative estimate of drug-likeness (QED) is 0.0516. The zero-order valence-corrected chi connectivity index (χ0v) is 26.1. The van der Waals surface area contributed by atoms with E-state index in [0.29, 0.717) is 0 Å². The zero-order chi connectivity index (χ0) is 26.6. The predicted molar refractivity (Wildman–Crippen MR) is 167 cm³/mol. The summed E-state index contributed by atoms with van der Waals surface area (Å²) in [7, 11) is 4.96. The van der Waals surface area contributed by atoms with Gasteiger partial charge >= 0.3 is 0 Å². The summed E-state index contributed by atoms with van der Waals surface area (Å²) >= 11 is 0. The molecule has 0 aromatic heterocycles. The molecule has 0 heterocycles. The van der Waals surface area contributed by atoms with E-state index in [1.807, 2.05) is 0 Å². The van der Waals surface area contributed by atoms with E-state index in [4.69, 9.17) is 0 Å². The first-order valence-corrected chi connectivity index (χ1v) is 17.0. The van der Waals surface area contributed by atoms with Crippen molar-refractivity contribution in [2.75, 3.05) is 20.6 Å². The van der Waals surface area contributed by atoms with Crippen LogP contribution in [0.2, 0.25) is 0 Å². The third kappa shape index (κ3) is 24.1. The molecule has 1 unspecified atom stereocenters. The Morgan fingerprint density at radius 3 is 1.11 bits per heavy atom. The highest BCUT2D eigenvalue weighted by Crippen LogP contribution is 2.21. The average molecular weight is 507 g/mol. The fourth-order valence-electron chi connectivity index (χ4n) is 5.89. The van der Waals surface area contributed by atoms with Crippen molar-refractivity contribution in [2.24, 2.45) is 0 Å². The molecular weight excluding hydrogens is 434 g/mol. The highest BCUT2D eigenvalue weighted by atomic mass is 15.3. The minimum atomic E-state index is 0.767. The number of nitrogens with zero attached hydrogens (tertiary/aromatic N) is 1. The van der Waals surface area contributed by atoms with Gasteiger partial charge < -0.3 is 4.48 Å². The summed E-state index contributed by atoms with van der Waals surface area (Å²) in [6, 6.07) is 0.767. The third-order valence-corrected chi connectivity index (χ3v) is 8.66. The van der Waals surface area contributed by atoms with Crippen LogP contribution in [0.1, 0.15) is 187 Å². The second-order valence-corrected chi connectivity index (χ2v) is 12.6. The second-order valence-electron chi connectivity index (χ2n) is 12.6. The molecule has 0 N–H and O–H groups in total. The Morgan fingerprint density at radius 2 is 0.778 bits per heavy atom. The molecule has 0 aromatic carbocycles. The third-order valence-electron chi connectivity index (χ3n) is 8.66. The first-order valence-electron chi connectivity index (χ1n) is 17.0. The van der Waals surface area contributed by atoms with Gasteiger partial charge in [-0.2, -0.15) is 0 Å². The van der Waals surface area contributed by atoms with Gasteiger partial charge in [-0.3, -0.25) is 0 Å². The monoisotopic (exact) mass is 507 g/mol. The average Bonchev–Trinajstić information content (AvgIpc) is 2.86. The molecule has 1 atom stereocenters. The Hall–Kier alpha value is -0.300. The van der Waals surface area contributed by atoms with Gasteiger partial charge in [0.15, 0.2) is 0 Å². The lowest BCUT2D eigenvalue weighted by Crippen LogP contribution is -2.49. The van der Waals surface area contributed by atoms with Crippen LogP contribution < -0.4 is 0 Å². The number of hydrogen-bond acceptors (Lipinski definition) is 0. The molecule has 0 aliphatic carbocycles. The molecule has 0 fully saturated rings. The molecule has 1 heteroatoms. The summed E-state index contributed by atoms with van der Waals surface area (Å²) < 4.78 is 1.20. The van der Waals surface area contributed by atoms with Crippen molar-refractivity contribution in [2.45, 2.75) is 193 Å². The van der Waals surface area contributed by atoms with E-state index in [2.05, 4.69) is 40.6 Å². The van der Waals surface area contributed by atoms with Crippen LogP contribution in [0.25, 0.3) is 0 Å². The molecule has 0 aliphatic heterocycles. The normalized spacial score (nSPS) is 12.8. The molecule has 0 bridgehead atoms. The van der Waals surface area contributed by atoms with Crippen molar-refractivity contribution in [1.82, 2.24) is 0 Å². The van der Waals surface area contributed by atoms with Gasteiger partial charge in [0.25, 0.3) is 0 Å². The van der Waals surface area contributed by atoms with Crippen molar-refractivity contribution < 1.29 is 4.48 Å². The minimum absolute atomic E-state index is 0.767. The van der Waals surface area contributed by atoms with Crippen LogP contribution in [0, 0.1) is 0 Å². The topological polar surface area (TPSA) is 0 Å². The molecule has 0 aliphatic rings. The predicted octanol–water partition coefficient (Wildman–Crippen LogP) is 12.2. The fourth-order valence-corrected chi connectivity index (χ4v) is 5.89. The van der Waals surface area contributed by atoms with E-state index in [1.165, 1.54) is 184 Å². The number of rotatable bonds is 30. The molecular formula is C35H72N+. The second kappa shape index (κ2) is 27.7. The van der Waals surface area contributed by atoms with Gasteiger partial charge in [0.05, 0.1) is 26.7 Å². The Bertz CT molecular complexity index is 426. The van der Waals surface area contributed by atoms with Crippen LogP contribution in [0.5, 0.6) is 0 Å². The molecule has 0 saturated carbocycles. The minimum Gasteiger partial charge on any atom is -0.326 e. The first-order chi connectivity index (χ1) is 17.6.